The molecule has 3 N–H and O–H groups in total. The number of nitrogens with zero attached hydrogens (tertiary/aromatic N) is 2. The number of nitrogens with two attached hydrogens (primary N) is 1. The minimum Gasteiger partial charge on any atom is -0.490 e. The van der Waals surface area contributed by atoms with Gasteiger partial charge in [-0.15, -0.1) is 0 Å². The second kappa shape index (κ2) is 9.80. The maximum atomic E-state index is 14.0. The number of hydrogen-bond donors (Lipinski definition) is 2. The first-order valence-electron chi connectivity index (χ1n) is 10.8. The topological polar surface area (TPSA) is 89.6 Å². The molecule has 0 bridgehead atoms. The van der Waals surface area contributed by atoms with Gasteiger partial charge in [0.15, 0.2) is 0 Å². The van der Waals surface area contributed by atoms with E-state index in [0.29, 0.717) is 22.7 Å². The van der Waals surface area contributed by atoms with Crippen molar-refractivity contribution in [2.45, 2.75) is 18.9 Å². The number of primary amides is 1. The van der Waals surface area contributed by atoms with Gasteiger partial charge in [-0.1, -0.05) is 11.6 Å². The summed E-state index contributed by atoms with van der Waals surface area (Å²) in [4.78, 5) is 26.0. The van der Waals surface area contributed by atoms with Gasteiger partial charge in [-0.05, 0) is 49.2 Å². The highest BCUT2D eigenvalue weighted by Gasteiger charge is 2.22. The van der Waals surface area contributed by atoms with E-state index in [1.807, 2.05) is 12.1 Å². The standard InChI is InChI=1S/C24H26ClFN4O3/c1-29-10-8-17-21(5-3-18(25)22(17)24(29)32)33-16-6-11-30(12-7-16)13-9-28-20-14-15(23(27)31)2-4-19(20)26/h2-5,8,10,14,16,28H,6-7,9,11-13H2,1H3,(H2,27,31). The lowest BCUT2D eigenvalue weighted by Gasteiger charge is -2.32. The first kappa shape index (κ1) is 23.1. The quantitative estimate of drug-likeness (QED) is 0.550. The molecule has 1 saturated heterocycles. The SMILES string of the molecule is Cn1ccc2c(OC3CCN(CCNc4cc(C(N)=O)ccc4F)CC3)ccc(Cl)c2c1=O. The van der Waals surface area contributed by atoms with Crippen molar-refractivity contribution in [2.24, 2.45) is 12.8 Å². The number of aromatic nitrogens is 1. The van der Waals surface area contributed by atoms with Gasteiger partial charge in [0, 0.05) is 50.4 Å². The van der Waals surface area contributed by atoms with Crippen molar-refractivity contribution in [3.63, 3.8) is 0 Å². The molecule has 9 heteroatoms. The summed E-state index contributed by atoms with van der Waals surface area (Å²) in [5.41, 5.74) is 5.65. The number of amides is 1. The highest BCUT2D eigenvalue weighted by molar-refractivity contribution is 6.35. The number of fused-ring (bicyclic) bond motifs is 1. The van der Waals surface area contributed by atoms with E-state index in [1.165, 1.54) is 22.8 Å². The third kappa shape index (κ3) is 5.12. The lowest BCUT2D eigenvalue weighted by molar-refractivity contribution is 0.1000. The minimum atomic E-state index is -0.589. The first-order valence-corrected chi connectivity index (χ1v) is 11.2. The number of piperidine rings is 1. The zero-order chi connectivity index (χ0) is 23.5. The number of hydrogen-bond acceptors (Lipinski definition) is 5. The summed E-state index contributed by atoms with van der Waals surface area (Å²) < 4.78 is 21.7. The third-order valence-electron chi connectivity index (χ3n) is 5.98. The minimum absolute atomic E-state index is 0.0346. The summed E-state index contributed by atoms with van der Waals surface area (Å²) in [6.45, 7) is 2.94. The molecule has 1 amide bonds. The maximum absolute atomic E-state index is 14.0. The average Bonchev–Trinajstić information content (AvgIpc) is 2.80. The zero-order valence-corrected chi connectivity index (χ0v) is 19.1. The highest BCUT2D eigenvalue weighted by Crippen LogP contribution is 2.31. The number of benzene rings is 2. The number of carbonyl (C=O) groups is 1. The molecule has 33 heavy (non-hydrogen) atoms. The molecule has 2 aromatic carbocycles. The molecule has 0 aliphatic carbocycles. The number of carbonyl (C=O) groups excluding carboxylic acids is 1. The van der Waals surface area contributed by atoms with Crippen LogP contribution in [0.25, 0.3) is 10.8 Å². The molecule has 2 heterocycles. The van der Waals surface area contributed by atoms with E-state index in [-0.39, 0.29) is 22.9 Å². The van der Waals surface area contributed by atoms with Gasteiger partial charge in [-0.2, -0.15) is 0 Å². The smallest absolute Gasteiger partial charge is 0.259 e. The second-order valence-electron chi connectivity index (χ2n) is 8.21. The molecule has 7 nitrogen and oxygen atoms in total. The third-order valence-corrected chi connectivity index (χ3v) is 6.29. The molecule has 1 fully saturated rings. The average molecular weight is 473 g/mol. The van der Waals surface area contributed by atoms with Crippen LogP contribution in [-0.4, -0.2) is 47.7 Å². The molecule has 0 radical (unpaired) electrons. The zero-order valence-electron chi connectivity index (χ0n) is 18.3. The molecule has 1 aliphatic heterocycles. The van der Waals surface area contributed by atoms with Crippen molar-refractivity contribution in [3.8, 4) is 5.75 Å². The Labute approximate surface area is 195 Å². The van der Waals surface area contributed by atoms with Crippen LogP contribution in [-0.2, 0) is 7.05 Å². The van der Waals surface area contributed by atoms with Crippen molar-refractivity contribution in [2.75, 3.05) is 31.5 Å². The normalized spacial score (nSPS) is 15.0. The number of anilines is 1. The Kier molecular flexibility index (Phi) is 6.85. The van der Waals surface area contributed by atoms with Gasteiger partial charge in [-0.3, -0.25) is 9.59 Å². The summed E-state index contributed by atoms with van der Waals surface area (Å²) >= 11 is 6.27. The van der Waals surface area contributed by atoms with E-state index in [4.69, 9.17) is 22.1 Å². The van der Waals surface area contributed by atoms with Crippen LogP contribution in [0.3, 0.4) is 0 Å². The van der Waals surface area contributed by atoms with Gasteiger partial charge in [0.1, 0.15) is 17.7 Å². The molecule has 3 aromatic rings. The van der Waals surface area contributed by atoms with Crippen molar-refractivity contribution < 1.29 is 13.9 Å². The van der Waals surface area contributed by atoms with E-state index in [2.05, 4.69) is 10.2 Å². The molecule has 0 unspecified atom stereocenters. The van der Waals surface area contributed by atoms with Gasteiger partial charge in [0.05, 0.1) is 16.1 Å². The number of nitrogens with one attached hydrogen (secondary N) is 1. The summed E-state index contributed by atoms with van der Waals surface area (Å²) in [6, 6.07) is 9.41. The number of likely N-dealkylation sites (tertiary alicyclic amines) is 1. The van der Waals surface area contributed by atoms with Gasteiger partial charge < -0.3 is 25.3 Å². The fourth-order valence-corrected chi connectivity index (χ4v) is 4.33. The highest BCUT2D eigenvalue weighted by atomic mass is 35.5. The monoisotopic (exact) mass is 472 g/mol. The Morgan fingerprint density at radius 1 is 1.24 bits per heavy atom. The summed E-state index contributed by atoms with van der Waals surface area (Å²) in [7, 11) is 1.69. The van der Waals surface area contributed by atoms with Gasteiger partial charge in [0.25, 0.3) is 5.56 Å². The van der Waals surface area contributed by atoms with Gasteiger partial charge >= 0.3 is 0 Å². The van der Waals surface area contributed by atoms with Crippen LogP contribution in [0.1, 0.15) is 23.2 Å². The van der Waals surface area contributed by atoms with Crippen LogP contribution in [0, 0.1) is 5.82 Å². The van der Waals surface area contributed by atoms with Crippen LogP contribution >= 0.6 is 11.6 Å². The lowest BCUT2D eigenvalue weighted by atomic mass is 10.1. The Bertz CT molecular complexity index is 1240. The Morgan fingerprint density at radius 3 is 2.73 bits per heavy atom. The van der Waals surface area contributed by atoms with Crippen molar-refractivity contribution in [1.29, 1.82) is 0 Å². The Balaban J connectivity index is 1.32. The van der Waals surface area contributed by atoms with E-state index in [1.54, 1.807) is 19.3 Å². The van der Waals surface area contributed by atoms with Crippen LogP contribution in [0.5, 0.6) is 5.75 Å². The molecular formula is C24H26ClFN4O3. The molecule has 0 saturated carbocycles. The summed E-state index contributed by atoms with van der Waals surface area (Å²) in [5, 5.41) is 4.65. The lowest BCUT2D eigenvalue weighted by Crippen LogP contribution is -2.40. The molecule has 0 atom stereocenters. The number of ether oxygens (including phenoxy) is 1. The first-order chi connectivity index (χ1) is 15.8. The molecule has 1 aromatic heterocycles. The fourth-order valence-electron chi connectivity index (χ4n) is 4.08. The molecular weight excluding hydrogens is 447 g/mol. The predicted octanol–water partition coefficient (Wildman–Crippen LogP) is 3.39. The van der Waals surface area contributed by atoms with E-state index < -0.39 is 11.7 Å². The molecule has 174 valence electrons. The molecule has 0 spiro atoms. The molecule has 1 aliphatic rings. The maximum Gasteiger partial charge on any atom is 0.259 e. The van der Waals surface area contributed by atoms with E-state index in [9.17, 15) is 14.0 Å². The van der Waals surface area contributed by atoms with Crippen LogP contribution < -0.4 is 21.3 Å². The Morgan fingerprint density at radius 2 is 2.00 bits per heavy atom. The van der Waals surface area contributed by atoms with Crippen molar-refractivity contribution in [1.82, 2.24) is 9.47 Å². The number of rotatable bonds is 7. The summed E-state index contributed by atoms with van der Waals surface area (Å²) in [5.74, 6) is -0.344. The molecule has 4 rings (SSSR count). The van der Waals surface area contributed by atoms with Crippen LogP contribution in [0.4, 0.5) is 10.1 Å². The van der Waals surface area contributed by atoms with Crippen LogP contribution in [0.2, 0.25) is 5.02 Å². The van der Waals surface area contributed by atoms with Gasteiger partial charge in [-0.25, -0.2) is 4.39 Å². The number of halogens is 2. The summed E-state index contributed by atoms with van der Waals surface area (Å²) in [6.07, 6.45) is 3.42. The number of aryl methyl sites for hydroxylation is 1. The largest absolute Gasteiger partial charge is 0.490 e. The second-order valence-corrected chi connectivity index (χ2v) is 8.62. The number of pyridine rings is 1. The van der Waals surface area contributed by atoms with Crippen LogP contribution in [0.15, 0.2) is 47.4 Å². The van der Waals surface area contributed by atoms with E-state index in [0.717, 1.165) is 37.9 Å². The van der Waals surface area contributed by atoms with Gasteiger partial charge in [0.2, 0.25) is 5.91 Å². The predicted molar refractivity (Wildman–Crippen MR) is 128 cm³/mol. The van der Waals surface area contributed by atoms with Crippen molar-refractivity contribution >= 4 is 34.0 Å². The van der Waals surface area contributed by atoms with E-state index >= 15 is 0 Å². The fraction of sp³-hybridized carbons (Fsp3) is 0.333. The van der Waals surface area contributed by atoms with Crippen molar-refractivity contribution in [3.05, 3.63) is 69.4 Å². The Hall–Kier alpha value is -3.10.